The minimum absolute atomic E-state index is 0.165. The number of ether oxygens (including phenoxy) is 2. The summed E-state index contributed by atoms with van der Waals surface area (Å²) in [6, 6.07) is 43.7. The van der Waals surface area contributed by atoms with E-state index in [2.05, 4.69) is 15.6 Å². The van der Waals surface area contributed by atoms with E-state index in [9.17, 15) is 19.2 Å². The third-order valence-electron chi connectivity index (χ3n) is 8.30. The molecule has 0 aliphatic heterocycles. The second-order valence-corrected chi connectivity index (χ2v) is 14.5. The highest BCUT2D eigenvalue weighted by atomic mass is 32.2. The first kappa shape index (κ1) is 39.6. The molecule has 5 aromatic carbocycles. The maximum Gasteiger partial charge on any atom is 0.329 e. The van der Waals surface area contributed by atoms with Crippen LogP contribution >= 0.6 is 23.5 Å². The molecule has 2 N–H and O–H groups in total. The fraction of sp³-hybridized carbons (Fsp3) is 0.159. The number of oxazole rings is 1. The van der Waals surface area contributed by atoms with Gasteiger partial charge in [-0.3, -0.25) is 9.59 Å². The van der Waals surface area contributed by atoms with Gasteiger partial charge in [-0.05, 0) is 54.1 Å². The monoisotopic (exact) mass is 785 g/mol. The van der Waals surface area contributed by atoms with Gasteiger partial charge in [-0.1, -0.05) is 103 Å². The first-order valence-corrected chi connectivity index (χ1v) is 20.0. The Balaban J connectivity index is 1.16. The predicted molar refractivity (Wildman–Crippen MR) is 217 cm³/mol. The first-order chi connectivity index (χ1) is 27.4. The van der Waals surface area contributed by atoms with Crippen molar-refractivity contribution in [2.24, 2.45) is 0 Å². The summed E-state index contributed by atoms with van der Waals surface area (Å²) in [4.78, 5) is 59.0. The van der Waals surface area contributed by atoms with Crippen molar-refractivity contribution in [2.75, 3.05) is 11.5 Å². The van der Waals surface area contributed by atoms with Gasteiger partial charge in [0.1, 0.15) is 24.4 Å². The number of nitrogens with zero attached hydrogens (tertiary/aromatic N) is 1. The molecule has 284 valence electrons. The molecule has 0 saturated heterocycles. The average molecular weight is 786 g/mol. The summed E-state index contributed by atoms with van der Waals surface area (Å²) in [5.74, 6) is -0.690. The normalized spacial score (nSPS) is 11.9. The molecule has 56 heavy (non-hydrogen) atoms. The number of hydrogen-bond donors (Lipinski definition) is 2. The van der Waals surface area contributed by atoms with E-state index < -0.39 is 35.8 Å². The molecule has 0 fully saturated rings. The van der Waals surface area contributed by atoms with E-state index in [1.54, 1.807) is 60.7 Å². The number of carbonyl (C=O) groups excluding carboxylic acids is 4. The Kier molecular flexibility index (Phi) is 14.5. The largest absolute Gasteiger partial charge is 0.457 e. The molecule has 0 aliphatic carbocycles. The summed E-state index contributed by atoms with van der Waals surface area (Å²) in [5, 5.41) is 5.63. The van der Waals surface area contributed by atoms with Crippen LogP contribution in [0.5, 0.6) is 0 Å². The smallest absolute Gasteiger partial charge is 0.329 e. The highest BCUT2D eigenvalue weighted by Crippen LogP contribution is 2.25. The van der Waals surface area contributed by atoms with Gasteiger partial charge in [-0.15, -0.1) is 11.8 Å². The predicted octanol–water partition coefficient (Wildman–Crippen LogP) is 7.75. The Hall–Kier alpha value is -6.11. The number of amides is 2. The molecule has 2 atom stereocenters. The Morgan fingerprint density at radius 1 is 0.589 bits per heavy atom. The van der Waals surface area contributed by atoms with Crippen molar-refractivity contribution >= 4 is 47.3 Å². The second kappa shape index (κ2) is 20.5. The lowest BCUT2D eigenvalue weighted by molar-refractivity contribution is -0.148. The van der Waals surface area contributed by atoms with E-state index in [1.807, 2.05) is 91.0 Å². The quantitative estimate of drug-likeness (QED) is 0.0658. The van der Waals surface area contributed by atoms with Crippen molar-refractivity contribution in [1.29, 1.82) is 0 Å². The summed E-state index contributed by atoms with van der Waals surface area (Å²) in [6.45, 7) is -0.665. The lowest BCUT2D eigenvalue weighted by Gasteiger charge is -2.18. The van der Waals surface area contributed by atoms with Gasteiger partial charge >= 0.3 is 11.9 Å². The van der Waals surface area contributed by atoms with Gasteiger partial charge in [0.05, 0.1) is 0 Å². The molecule has 2 amide bonds. The van der Waals surface area contributed by atoms with Crippen LogP contribution in [0.2, 0.25) is 0 Å². The fourth-order valence-corrected chi connectivity index (χ4v) is 7.28. The molecule has 0 bridgehead atoms. The molecule has 6 aromatic rings. The van der Waals surface area contributed by atoms with Crippen LogP contribution in [0.25, 0.3) is 11.5 Å². The van der Waals surface area contributed by atoms with Crippen LogP contribution in [-0.4, -0.2) is 52.3 Å². The Morgan fingerprint density at radius 3 is 1.64 bits per heavy atom. The van der Waals surface area contributed by atoms with E-state index in [-0.39, 0.29) is 42.1 Å². The van der Waals surface area contributed by atoms with Gasteiger partial charge in [0.25, 0.3) is 11.8 Å². The summed E-state index contributed by atoms with van der Waals surface area (Å²) in [6.07, 6.45) is 0. The minimum atomic E-state index is -1.00. The Bertz CT molecular complexity index is 2170. The van der Waals surface area contributed by atoms with E-state index in [0.717, 1.165) is 10.5 Å². The van der Waals surface area contributed by atoms with Crippen LogP contribution in [0, 0.1) is 0 Å². The highest BCUT2D eigenvalue weighted by molar-refractivity contribution is 7.99. The third-order valence-corrected chi connectivity index (χ3v) is 10.5. The van der Waals surface area contributed by atoms with Crippen LogP contribution in [0.1, 0.15) is 37.7 Å². The standard InChI is InChI=1S/C44H39N3O7S2/c48-40(32-18-8-2-9-19-32)45-37(29-55-28-31-16-6-1-7-17-31)43(50)53-27-39-36(47-42(54-39)34-22-12-4-13-23-34)26-52-44(51)38(30-56-35-24-14-5-15-25-35)46-41(49)33-20-10-3-11-21-33/h1-25,37-38H,26-30H2,(H,45,48)(H,46,49). The zero-order chi connectivity index (χ0) is 39.0. The summed E-state index contributed by atoms with van der Waals surface area (Å²) >= 11 is 2.89. The number of thioether (sulfide) groups is 2. The maximum atomic E-state index is 13.6. The molecule has 6 rings (SSSR count). The summed E-state index contributed by atoms with van der Waals surface area (Å²) < 4.78 is 17.6. The van der Waals surface area contributed by atoms with Crippen molar-refractivity contribution in [1.82, 2.24) is 15.6 Å². The van der Waals surface area contributed by atoms with Crippen molar-refractivity contribution in [2.45, 2.75) is 35.9 Å². The lowest BCUT2D eigenvalue weighted by atomic mass is 10.2. The molecular weight excluding hydrogens is 747 g/mol. The fourth-order valence-electron chi connectivity index (χ4n) is 5.36. The topological polar surface area (TPSA) is 137 Å². The molecule has 0 spiro atoms. The SMILES string of the molecule is O=C(NC(CSCc1ccccc1)C(=O)OCc1oc(-c2ccccc2)nc1COC(=O)C(CSc1ccccc1)NC(=O)c1ccccc1)c1ccccc1. The Labute approximate surface area is 333 Å². The number of rotatable bonds is 18. The Morgan fingerprint density at radius 2 is 1.07 bits per heavy atom. The molecule has 0 radical (unpaired) electrons. The van der Waals surface area contributed by atoms with Gasteiger partial charge in [0.15, 0.2) is 12.4 Å². The molecule has 2 unspecified atom stereocenters. The van der Waals surface area contributed by atoms with Gasteiger partial charge < -0.3 is 24.5 Å². The van der Waals surface area contributed by atoms with Crippen LogP contribution in [-0.2, 0) is 38.0 Å². The zero-order valence-corrected chi connectivity index (χ0v) is 31.9. The van der Waals surface area contributed by atoms with Gasteiger partial charge in [0.2, 0.25) is 5.89 Å². The van der Waals surface area contributed by atoms with Crippen molar-refractivity contribution in [3.8, 4) is 11.5 Å². The number of nitrogens with one attached hydrogen (secondary N) is 2. The number of benzene rings is 5. The number of esters is 2. The molecule has 0 saturated carbocycles. The van der Waals surface area contributed by atoms with E-state index in [4.69, 9.17) is 13.9 Å². The van der Waals surface area contributed by atoms with E-state index >= 15 is 0 Å². The molecular formula is C44H39N3O7S2. The zero-order valence-electron chi connectivity index (χ0n) is 30.2. The van der Waals surface area contributed by atoms with Crippen LogP contribution in [0.4, 0.5) is 0 Å². The summed E-state index contributed by atoms with van der Waals surface area (Å²) in [7, 11) is 0. The van der Waals surface area contributed by atoms with Crippen LogP contribution < -0.4 is 10.6 Å². The maximum absolute atomic E-state index is 13.6. The molecule has 0 aliphatic rings. The first-order valence-electron chi connectivity index (χ1n) is 17.8. The van der Waals surface area contributed by atoms with Crippen molar-refractivity contribution in [3.63, 3.8) is 0 Å². The average Bonchev–Trinajstić information content (AvgIpc) is 3.67. The van der Waals surface area contributed by atoms with Gasteiger partial charge in [-0.25, -0.2) is 14.6 Å². The lowest BCUT2D eigenvalue weighted by Crippen LogP contribution is -2.43. The summed E-state index contributed by atoms with van der Waals surface area (Å²) in [5.41, 5.74) is 2.78. The van der Waals surface area contributed by atoms with Gasteiger partial charge in [-0.2, -0.15) is 11.8 Å². The number of aromatic nitrogens is 1. The number of hydrogen-bond acceptors (Lipinski definition) is 10. The van der Waals surface area contributed by atoms with Crippen LogP contribution in [0.3, 0.4) is 0 Å². The third kappa shape index (κ3) is 11.7. The molecule has 1 heterocycles. The highest BCUT2D eigenvalue weighted by Gasteiger charge is 2.27. The number of carbonyl (C=O) groups is 4. The second-order valence-electron chi connectivity index (χ2n) is 12.4. The molecule has 1 aromatic heterocycles. The molecule has 10 nitrogen and oxygen atoms in total. The van der Waals surface area contributed by atoms with Crippen LogP contribution in [0.15, 0.2) is 161 Å². The van der Waals surface area contributed by atoms with Gasteiger partial charge in [0, 0.05) is 38.8 Å². The minimum Gasteiger partial charge on any atom is -0.457 e. The van der Waals surface area contributed by atoms with Crippen molar-refractivity contribution in [3.05, 3.63) is 180 Å². The molecule has 12 heteroatoms. The van der Waals surface area contributed by atoms with Crippen molar-refractivity contribution < 1.29 is 33.1 Å². The van der Waals surface area contributed by atoms with E-state index in [1.165, 1.54) is 23.5 Å². The van der Waals surface area contributed by atoms with E-state index in [0.29, 0.717) is 22.4 Å².